The van der Waals surface area contributed by atoms with Gasteiger partial charge in [0.2, 0.25) is 0 Å². The SMILES string of the molecule is CC(C)NC(=O)NCCC1C2=C3CCC(=C1CC2)C3C. The van der Waals surface area contributed by atoms with Crippen molar-refractivity contribution in [1.82, 2.24) is 10.6 Å². The van der Waals surface area contributed by atoms with Crippen molar-refractivity contribution in [2.45, 2.75) is 58.9 Å². The zero-order valence-corrected chi connectivity index (χ0v) is 12.9. The Hall–Kier alpha value is -1.25. The van der Waals surface area contributed by atoms with Gasteiger partial charge in [0.25, 0.3) is 0 Å². The fraction of sp³-hybridized carbons (Fsp3) is 0.706. The van der Waals surface area contributed by atoms with Crippen molar-refractivity contribution >= 4 is 6.03 Å². The van der Waals surface area contributed by atoms with Crippen LogP contribution in [0.5, 0.6) is 0 Å². The van der Waals surface area contributed by atoms with Crippen molar-refractivity contribution in [1.29, 1.82) is 0 Å². The standard InChI is InChI=1S/C17H26N2O/c1-10(2)19-17(20)18-9-8-16-14-6-7-15(16)13-5-4-12(14)11(13)3/h10-11,16H,4-9H2,1-3H3,(H2,18,19,20). The molecule has 0 aromatic carbocycles. The predicted octanol–water partition coefficient (Wildman–Crippen LogP) is 3.53. The molecule has 0 saturated heterocycles. The third kappa shape index (κ3) is 2.27. The number of carbonyl (C=O) groups is 1. The van der Waals surface area contributed by atoms with Crippen LogP contribution >= 0.6 is 0 Å². The van der Waals surface area contributed by atoms with Crippen molar-refractivity contribution in [3.63, 3.8) is 0 Å². The molecule has 2 N–H and O–H groups in total. The molecule has 0 atom stereocenters. The van der Waals surface area contributed by atoms with E-state index in [1.807, 2.05) is 13.8 Å². The van der Waals surface area contributed by atoms with Crippen LogP contribution in [0.2, 0.25) is 0 Å². The van der Waals surface area contributed by atoms with Crippen LogP contribution in [0.25, 0.3) is 0 Å². The maximum absolute atomic E-state index is 11.6. The van der Waals surface area contributed by atoms with E-state index in [1.54, 1.807) is 22.3 Å². The minimum absolute atomic E-state index is 0.0326. The normalized spacial score (nSPS) is 27.6. The molecule has 2 saturated carbocycles. The molecule has 0 radical (unpaired) electrons. The number of rotatable bonds is 4. The molecule has 2 fully saturated rings. The Labute approximate surface area is 121 Å². The maximum Gasteiger partial charge on any atom is 0.314 e. The van der Waals surface area contributed by atoms with E-state index in [0.29, 0.717) is 5.92 Å². The van der Waals surface area contributed by atoms with E-state index in [4.69, 9.17) is 0 Å². The molecule has 3 rings (SSSR count). The van der Waals surface area contributed by atoms with E-state index >= 15 is 0 Å². The summed E-state index contributed by atoms with van der Waals surface area (Å²) in [6.07, 6.45) is 6.23. The highest BCUT2D eigenvalue weighted by atomic mass is 16.2. The Kier molecular flexibility index (Phi) is 3.61. The van der Waals surface area contributed by atoms with Crippen molar-refractivity contribution in [3.8, 4) is 0 Å². The van der Waals surface area contributed by atoms with Crippen LogP contribution in [0.1, 0.15) is 52.9 Å². The summed E-state index contributed by atoms with van der Waals surface area (Å²) >= 11 is 0. The Morgan fingerprint density at radius 3 is 2.20 bits per heavy atom. The quantitative estimate of drug-likeness (QED) is 0.757. The van der Waals surface area contributed by atoms with E-state index in [-0.39, 0.29) is 12.1 Å². The van der Waals surface area contributed by atoms with E-state index in [9.17, 15) is 4.79 Å². The molecule has 20 heavy (non-hydrogen) atoms. The molecule has 110 valence electrons. The van der Waals surface area contributed by atoms with Crippen molar-refractivity contribution in [2.75, 3.05) is 6.54 Å². The Bertz CT molecular complexity index is 457. The highest BCUT2D eigenvalue weighted by Gasteiger charge is 2.40. The lowest BCUT2D eigenvalue weighted by Crippen LogP contribution is -2.40. The number of hydrogen-bond acceptors (Lipinski definition) is 1. The molecule has 3 aliphatic carbocycles. The smallest absolute Gasteiger partial charge is 0.314 e. The van der Waals surface area contributed by atoms with Gasteiger partial charge in [-0.25, -0.2) is 4.79 Å². The Morgan fingerprint density at radius 1 is 1.10 bits per heavy atom. The van der Waals surface area contributed by atoms with Crippen molar-refractivity contribution in [3.05, 3.63) is 22.3 Å². The minimum Gasteiger partial charge on any atom is -0.338 e. The fourth-order valence-electron chi connectivity index (χ4n) is 4.38. The molecule has 2 amide bonds. The summed E-state index contributed by atoms with van der Waals surface area (Å²) in [4.78, 5) is 11.6. The lowest BCUT2D eigenvalue weighted by Gasteiger charge is -2.26. The van der Waals surface area contributed by atoms with Crippen LogP contribution in [0.3, 0.4) is 0 Å². The molecular weight excluding hydrogens is 248 g/mol. The molecule has 0 unspecified atom stereocenters. The lowest BCUT2D eigenvalue weighted by molar-refractivity contribution is 0.238. The summed E-state index contributed by atoms with van der Waals surface area (Å²) in [6.45, 7) is 7.14. The Morgan fingerprint density at radius 2 is 1.65 bits per heavy atom. The first-order valence-corrected chi connectivity index (χ1v) is 8.06. The average Bonchev–Trinajstić information content (AvgIpc) is 2.80. The summed E-state index contributed by atoms with van der Waals surface area (Å²) in [5, 5.41) is 5.88. The summed E-state index contributed by atoms with van der Waals surface area (Å²) in [6, 6.07) is 0.169. The van der Waals surface area contributed by atoms with Gasteiger partial charge >= 0.3 is 6.03 Å². The highest BCUT2D eigenvalue weighted by Crippen LogP contribution is 2.55. The number of nitrogens with one attached hydrogen (secondary N) is 2. The molecule has 3 aliphatic rings. The first-order chi connectivity index (χ1) is 9.58. The van der Waals surface area contributed by atoms with Gasteiger partial charge in [-0.1, -0.05) is 29.2 Å². The van der Waals surface area contributed by atoms with E-state index in [0.717, 1.165) is 18.9 Å². The van der Waals surface area contributed by atoms with Crippen molar-refractivity contribution < 1.29 is 4.79 Å². The third-order valence-electron chi connectivity index (χ3n) is 5.18. The zero-order chi connectivity index (χ0) is 14.3. The van der Waals surface area contributed by atoms with E-state index < -0.39 is 0 Å². The van der Waals surface area contributed by atoms with Crippen LogP contribution in [-0.4, -0.2) is 18.6 Å². The second-order valence-electron chi connectivity index (χ2n) is 6.72. The van der Waals surface area contributed by atoms with Gasteiger partial charge in [-0.05, 0) is 51.9 Å². The summed E-state index contributed by atoms with van der Waals surface area (Å²) in [5.74, 6) is 1.38. The highest BCUT2D eigenvalue weighted by molar-refractivity contribution is 5.74. The van der Waals surface area contributed by atoms with Gasteiger partial charge in [0, 0.05) is 18.5 Å². The number of allylic oxidation sites excluding steroid dienone is 4. The lowest BCUT2D eigenvalue weighted by atomic mass is 9.80. The number of carbonyl (C=O) groups excluding carboxylic acids is 1. The van der Waals surface area contributed by atoms with Gasteiger partial charge in [-0.2, -0.15) is 0 Å². The molecule has 0 aliphatic heterocycles. The topological polar surface area (TPSA) is 41.1 Å². The van der Waals surface area contributed by atoms with Crippen LogP contribution in [0, 0.1) is 11.8 Å². The third-order valence-corrected chi connectivity index (χ3v) is 5.18. The van der Waals surface area contributed by atoms with Gasteiger partial charge in [0.15, 0.2) is 0 Å². The molecule has 0 aromatic heterocycles. The second-order valence-corrected chi connectivity index (χ2v) is 6.72. The molecular formula is C17H26N2O. The van der Waals surface area contributed by atoms with Gasteiger partial charge in [-0.3, -0.25) is 0 Å². The molecule has 0 heterocycles. The molecule has 3 heteroatoms. The first kappa shape index (κ1) is 13.7. The zero-order valence-electron chi connectivity index (χ0n) is 12.9. The van der Waals surface area contributed by atoms with Gasteiger partial charge in [-0.15, -0.1) is 0 Å². The molecule has 3 nitrogen and oxygen atoms in total. The number of hydrogen-bond donors (Lipinski definition) is 2. The minimum atomic E-state index is -0.0326. The first-order valence-electron chi connectivity index (χ1n) is 8.06. The number of fused-ring (bicyclic) bond motifs is 4. The van der Waals surface area contributed by atoms with E-state index in [1.165, 1.54) is 25.7 Å². The predicted molar refractivity (Wildman–Crippen MR) is 81.5 cm³/mol. The Balaban J connectivity index is 1.59. The summed E-state index contributed by atoms with van der Waals surface area (Å²) in [7, 11) is 0. The van der Waals surface area contributed by atoms with Crippen LogP contribution in [0.15, 0.2) is 22.3 Å². The van der Waals surface area contributed by atoms with Gasteiger partial charge in [0.1, 0.15) is 0 Å². The average molecular weight is 274 g/mol. The fourth-order valence-corrected chi connectivity index (χ4v) is 4.38. The van der Waals surface area contributed by atoms with E-state index in [2.05, 4.69) is 17.6 Å². The van der Waals surface area contributed by atoms with Gasteiger partial charge in [0.05, 0.1) is 0 Å². The second kappa shape index (κ2) is 5.27. The summed E-state index contributed by atoms with van der Waals surface area (Å²) in [5.41, 5.74) is 6.91. The maximum atomic E-state index is 11.6. The number of amides is 2. The van der Waals surface area contributed by atoms with Crippen LogP contribution in [-0.2, 0) is 0 Å². The van der Waals surface area contributed by atoms with Crippen LogP contribution < -0.4 is 10.6 Å². The van der Waals surface area contributed by atoms with Crippen LogP contribution in [0.4, 0.5) is 4.79 Å². The monoisotopic (exact) mass is 274 g/mol. The largest absolute Gasteiger partial charge is 0.338 e. The van der Waals surface area contributed by atoms with Crippen molar-refractivity contribution in [2.24, 2.45) is 11.8 Å². The molecule has 0 aromatic rings. The molecule has 0 spiro atoms. The number of urea groups is 1. The molecule has 4 bridgehead atoms. The summed E-state index contributed by atoms with van der Waals surface area (Å²) < 4.78 is 0. The van der Waals surface area contributed by atoms with Gasteiger partial charge < -0.3 is 10.6 Å².